The van der Waals surface area contributed by atoms with E-state index in [1.165, 1.54) is 96.3 Å². The predicted octanol–water partition coefficient (Wildman–Crippen LogP) is 11.8. The van der Waals surface area contributed by atoms with Gasteiger partial charge < -0.3 is 28.6 Å². The Balaban J connectivity index is 4.47. The number of carbonyl (C=O) groups is 5. The van der Waals surface area contributed by atoms with Gasteiger partial charge >= 0.3 is 29.8 Å². The Bertz CT molecular complexity index is 1050. The molecule has 0 amide bonds. The van der Waals surface area contributed by atoms with Gasteiger partial charge in [0.15, 0.2) is 6.10 Å². The molecule has 0 spiro atoms. The average molecular weight is 854 g/mol. The molecule has 0 aromatic carbocycles. The van der Waals surface area contributed by atoms with Crippen LogP contribution in [0.2, 0.25) is 0 Å². The minimum Gasteiger partial charge on any atom is -0.466 e. The highest BCUT2D eigenvalue weighted by Crippen LogP contribution is 2.20. The van der Waals surface area contributed by atoms with Gasteiger partial charge in [-0.25, -0.2) is 0 Å². The van der Waals surface area contributed by atoms with Crippen LogP contribution in [-0.4, -0.2) is 87.9 Å². The van der Waals surface area contributed by atoms with Gasteiger partial charge in [0.25, 0.3) is 0 Å². The lowest BCUT2D eigenvalue weighted by atomic mass is 9.95. The second kappa shape index (κ2) is 43.0. The molecule has 0 rings (SSSR count). The molecule has 2 atom stereocenters. The first-order valence-electron chi connectivity index (χ1n) is 24.6. The van der Waals surface area contributed by atoms with Gasteiger partial charge in [-0.05, 0) is 77.9 Å². The molecular weight excluding hydrogens is 763 g/mol. The number of unbranched alkanes of at least 4 members (excludes halogenated alkanes) is 19. The molecule has 60 heavy (non-hydrogen) atoms. The summed E-state index contributed by atoms with van der Waals surface area (Å²) < 4.78 is 27.4. The summed E-state index contributed by atoms with van der Waals surface area (Å²) in [7, 11) is 3.85. The van der Waals surface area contributed by atoms with Crippen molar-refractivity contribution in [3.05, 3.63) is 0 Å². The van der Waals surface area contributed by atoms with Crippen LogP contribution < -0.4 is 0 Å². The van der Waals surface area contributed by atoms with E-state index in [9.17, 15) is 24.0 Å². The molecule has 352 valence electrons. The zero-order valence-corrected chi connectivity index (χ0v) is 39.3. The smallest absolute Gasteiger partial charge is 0.306 e. The second-order valence-corrected chi connectivity index (χ2v) is 17.2. The first-order chi connectivity index (χ1) is 29.1. The van der Waals surface area contributed by atoms with Gasteiger partial charge in [0.2, 0.25) is 0 Å². The summed E-state index contributed by atoms with van der Waals surface area (Å²) in [6.07, 6.45) is 28.9. The Kier molecular flexibility index (Phi) is 41.1. The lowest BCUT2D eigenvalue weighted by Gasteiger charge is -2.18. The summed E-state index contributed by atoms with van der Waals surface area (Å²) >= 11 is 0. The van der Waals surface area contributed by atoms with Crippen molar-refractivity contribution in [2.24, 2.45) is 5.92 Å². The van der Waals surface area contributed by atoms with Crippen molar-refractivity contribution in [3.8, 4) is 0 Å². The van der Waals surface area contributed by atoms with E-state index in [1.54, 1.807) is 0 Å². The molecule has 0 saturated carbocycles. The lowest BCUT2D eigenvalue weighted by molar-refractivity contribution is -0.167. The Morgan fingerprint density at radius 3 is 1.20 bits per heavy atom. The van der Waals surface area contributed by atoms with E-state index in [-0.39, 0.29) is 50.8 Å². The first kappa shape index (κ1) is 57.3. The van der Waals surface area contributed by atoms with Crippen molar-refractivity contribution >= 4 is 29.8 Å². The Morgan fingerprint density at radius 2 is 0.733 bits per heavy atom. The maximum atomic E-state index is 12.6. The SMILES string of the molecule is CCCCCCCCCOC(=O)CCCCCCCC(=O)OCC(COC(=O)CCCCC(=O)OCC(CCCCCC)CCCCCCCC)OC(=O)CCCN(C)C. The highest BCUT2D eigenvalue weighted by atomic mass is 16.6. The number of esters is 5. The normalized spacial score (nSPS) is 12.2. The predicted molar refractivity (Wildman–Crippen MR) is 241 cm³/mol. The molecule has 0 fully saturated rings. The summed E-state index contributed by atoms with van der Waals surface area (Å²) in [5.74, 6) is -1.25. The van der Waals surface area contributed by atoms with Gasteiger partial charge in [-0.2, -0.15) is 0 Å². The molecule has 11 heteroatoms. The van der Waals surface area contributed by atoms with Crippen LogP contribution in [0.1, 0.15) is 226 Å². The highest BCUT2D eigenvalue weighted by Gasteiger charge is 2.20. The van der Waals surface area contributed by atoms with Crippen molar-refractivity contribution < 1.29 is 47.7 Å². The number of hydrogen-bond acceptors (Lipinski definition) is 11. The molecule has 0 aromatic heterocycles. The van der Waals surface area contributed by atoms with Crippen LogP contribution in [0.15, 0.2) is 0 Å². The van der Waals surface area contributed by atoms with E-state index in [0.717, 1.165) is 57.9 Å². The molecule has 0 bridgehead atoms. The van der Waals surface area contributed by atoms with Crippen molar-refractivity contribution in [1.82, 2.24) is 4.90 Å². The molecule has 0 heterocycles. The van der Waals surface area contributed by atoms with Crippen LogP contribution in [0.3, 0.4) is 0 Å². The molecule has 0 aliphatic rings. The van der Waals surface area contributed by atoms with Crippen LogP contribution in [0, 0.1) is 5.92 Å². The quantitative estimate of drug-likeness (QED) is 0.0329. The van der Waals surface area contributed by atoms with Gasteiger partial charge in [-0.1, -0.05) is 143 Å². The molecule has 0 N–H and O–H groups in total. The average Bonchev–Trinajstić information content (AvgIpc) is 3.22. The van der Waals surface area contributed by atoms with Crippen LogP contribution in [-0.2, 0) is 47.7 Å². The van der Waals surface area contributed by atoms with Gasteiger partial charge in [0, 0.05) is 32.1 Å². The molecule has 11 nitrogen and oxygen atoms in total. The Labute approximate surface area is 366 Å². The fraction of sp³-hybridized carbons (Fsp3) is 0.898. The third kappa shape index (κ3) is 40.7. The fourth-order valence-corrected chi connectivity index (χ4v) is 7.01. The monoisotopic (exact) mass is 854 g/mol. The third-order valence-electron chi connectivity index (χ3n) is 10.8. The van der Waals surface area contributed by atoms with E-state index in [1.807, 2.05) is 19.0 Å². The summed E-state index contributed by atoms with van der Waals surface area (Å²) in [4.78, 5) is 64.1. The topological polar surface area (TPSA) is 135 Å². The van der Waals surface area contributed by atoms with Crippen LogP contribution in [0.5, 0.6) is 0 Å². The number of hydrogen-bond donors (Lipinski definition) is 0. The van der Waals surface area contributed by atoms with E-state index >= 15 is 0 Å². The zero-order valence-electron chi connectivity index (χ0n) is 39.3. The van der Waals surface area contributed by atoms with Crippen LogP contribution in [0.25, 0.3) is 0 Å². The molecule has 2 unspecified atom stereocenters. The molecule has 0 aliphatic carbocycles. The number of rotatable bonds is 44. The summed E-state index contributed by atoms with van der Waals surface area (Å²) in [5.41, 5.74) is 0. The Morgan fingerprint density at radius 1 is 0.383 bits per heavy atom. The third-order valence-corrected chi connectivity index (χ3v) is 10.8. The van der Waals surface area contributed by atoms with Crippen molar-refractivity contribution in [2.75, 3.05) is 47.1 Å². The summed E-state index contributed by atoms with van der Waals surface area (Å²) in [6.45, 7) is 7.95. The molecular formula is C49H91NO10. The second-order valence-electron chi connectivity index (χ2n) is 17.2. The van der Waals surface area contributed by atoms with Gasteiger partial charge in [-0.3, -0.25) is 24.0 Å². The Hall–Kier alpha value is -2.69. The molecule has 0 aromatic rings. The molecule has 0 aliphatic heterocycles. The number of ether oxygens (including phenoxy) is 5. The summed E-state index contributed by atoms with van der Waals surface area (Å²) in [6, 6.07) is 0. The molecule has 0 saturated heterocycles. The maximum Gasteiger partial charge on any atom is 0.306 e. The van der Waals surface area contributed by atoms with E-state index in [0.29, 0.717) is 51.2 Å². The minimum atomic E-state index is -0.906. The zero-order chi connectivity index (χ0) is 44.3. The summed E-state index contributed by atoms with van der Waals surface area (Å²) in [5, 5.41) is 0. The van der Waals surface area contributed by atoms with E-state index < -0.39 is 24.0 Å². The van der Waals surface area contributed by atoms with Crippen molar-refractivity contribution in [3.63, 3.8) is 0 Å². The van der Waals surface area contributed by atoms with Crippen molar-refractivity contribution in [2.45, 2.75) is 232 Å². The number of nitrogens with zero attached hydrogens (tertiary/aromatic N) is 1. The van der Waals surface area contributed by atoms with Gasteiger partial charge in [0.05, 0.1) is 13.2 Å². The fourth-order valence-electron chi connectivity index (χ4n) is 7.01. The lowest BCUT2D eigenvalue weighted by Crippen LogP contribution is -2.31. The number of carbonyl (C=O) groups excluding carboxylic acids is 5. The van der Waals surface area contributed by atoms with E-state index in [4.69, 9.17) is 23.7 Å². The minimum absolute atomic E-state index is 0.120. The standard InChI is InChI=1S/C49H91NO10/c1-6-9-12-15-17-22-29-39-56-45(51)33-25-20-18-21-26-34-47(53)58-41-44(60-49(55)37-30-38-50(4)5)42-59-48(54)36-28-27-35-46(52)57-40-43(31-23-14-11-8-3)32-24-19-16-13-10-7-2/h43-44H,6-42H2,1-5H3. The van der Waals surface area contributed by atoms with Crippen LogP contribution in [0.4, 0.5) is 0 Å². The highest BCUT2D eigenvalue weighted by molar-refractivity contribution is 5.71. The largest absolute Gasteiger partial charge is 0.466 e. The van der Waals surface area contributed by atoms with E-state index in [2.05, 4.69) is 20.8 Å². The first-order valence-corrected chi connectivity index (χ1v) is 24.6. The van der Waals surface area contributed by atoms with Gasteiger partial charge in [0.1, 0.15) is 13.2 Å². The van der Waals surface area contributed by atoms with Gasteiger partial charge in [-0.15, -0.1) is 0 Å². The molecule has 0 radical (unpaired) electrons. The van der Waals surface area contributed by atoms with Crippen LogP contribution >= 0.6 is 0 Å². The van der Waals surface area contributed by atoms with Crippen molar-refractivity contribution in [1.29, 1.82) is 0 Å². The maximum absolute atomic E-state index is 12.6.